The van der Waals surface area contributed by atoms with E-state index >= 15 is 0 Å². The molecule has 2 aromatic rings. The van der Waals surface area contributed by atoms with Crippen molar-refractivity contribution in [3.8, 4) is 0 Å². The molecule has 2 N–H and O–H groups in total. The number of hydrogen-bond donors (Lipinski definition) is 2. The van der Waals surface area contributed by atoms with Crippen LogP contribution in [-0.4, -0.2) is 68.6 Å². The van der Waals surface area contributed by atoms with Gasteiger partial charge in [-0.25, -0.2) is 0 Å². The van der Waals surface area contributed by atoms with Crippen LogP contribution in [0.3, 0.4) is 0 Å². The highest BCUT2D eigenvalue weighted by Crippen LogP contribution is 2.42. The Labute approximate surface area is 210 Å². The second-order valence-electron chi connectivity index (χ2n) is 10.5. The predicted molar refractivity (Wildman–Crippen MR) is 134 cm³/mol. The molecule has 0 radical (unpaired) electrons. The molecule has 1 aromatic heterocycles. The highest BCUT2D eigenvalue weighted by molar-refractivity contribution is 7.11. The number of carbonyl (C=O) groups is 2. The Hall–Kier alpha value is -2.36. The maximum atomic E-state index is 13.2. The summed E-state index contributed by atoms with van der Waals surface area (Å²) in [6, 6.07) is 7.74. The highest BCUT2D eigenvalue weighted by atomic mass is 32.1. The molecule has 2 amide bonds. The SMILES string of the molecule is CC(C)(C(=O)NCc1nnc(C2CCN(C(=O)[C@@H]3C[C@H](O)c4ccccc43)CC2)s1)N1CCCC1. The van der Waals surface area contributed by atoms with Crippen LogP contribution >= 0.6 is 11.3 Å². The second kappa shape index (κ2) is 9.95. The van der Waals surface area contributed by atoms with E-state index < -0.39 is 11.6 Å². The van der Waals surface area contributed by atoms with Gasteiger partial charge < -0.3 is 15.3 Å². The number of amides is 2. The fourth-order valence-corrected chi connectivity index (χ4v) is 6.66. The van der Waals surface area contributed by atoms with Crippen molar-refractivity contribution in [1.82, 2.24) is 25.3 Å². The molecule has 2 atom stereocenters. The van der Waals surface area contributed by atoms with Crippen molar-refractivity contribution in [2.75, 3.05) is 26.2 Å². The summed E-state index contributed by atoms with van der Waals surface area (Å²) < 4.78 is 0. The maximum absolute atomic E-state index is 13.2. The molecule has 188 valence electrons. The number of nitrogens with zero attached hydrogens (tertiary/aromatic N) is 4. The zero-order valence-corrected chi connectivity index (χ0v) is 21.4. The Morgan fingerprint density at radius 1 is 1.09 bits per heavy atom. The summed E-state index contributed by atoms with van der Waals surface area (Å²) >= 11 is 1.56. The Kier molecular flexibility index (Phi) is 6.92. The number of fused-ring (bicyclic) bond motifs is 1. The highest BCUT2D eigenvalue weighted by Gasteiger charge is 2.38. The molecule has 5 rings (SSSR count). The lowest BCUT2D eigenvalue weighted by Crippen LogP contribution is -2.53. The van der Waals surface area contributed by atoms with Crippen LogP contribution in [0.4, 0.5) is 0 Å². The van der Waals surface area contributed by atoms with Gasteiger partial charge in [-0.2, -0.15) is 0 Å². The van der Waals surface area contributed by atoms with Crippen molar-refractivity contribution in [3.05, 3.63) is 45.4 Å². The third-order valence-corrected chi connectivity index (χ3v) is 9.06. The molecule has 2 fully saturated rings. The van der Waals surface area contributed by atoms with Crippen LogP contribution in [0.5, 0.6) is 0 Å². The van der Waals surface area contributed by atoms with Gasteiger partial charge in [0, 0.05) is 19.0 Å². The number of benzene rings is 1. The van der Waals surface area contributed by atoms with Crippen molar-refractivity contribution in [2.45, 2.75) is 76.0 Å². The average Bonchev–Trinajstić information content (AvgIpc) is 3.63. The zero-order chi connectivity index (χ0) is 24.6. The molecular formula is C26H35N5O3S. The van der Waals surface area contributed by atoms with Gasteiger partial charge in [0.2, 0.25) is 11.8 Å². The van der Waals surface area contributed by atoms with Crippen molar-refractivity contribution >= 4 is 23.2 Å². The fraction of sp³-hybridized carbons (Fsp3) is 0.615. The minimum Gasteiger partial charge on any atom is -0.388 e. The standard InChI is InChI=1S/C26H35N5O3S/c1-26(2,31-11-5-6-12-31)25(34)27-16-22-28-29-23(35-22)17-9-13-30(14-10-17)24(33)20-15-21(32)19-8-4-3-7-18(19)20/h3-4,7-8,17,20-21,32H,5-6,9-16H2,1-2H3,(H,27,34)/t20-,21+/m1/s1. The largest absolute Gasteiger partial charge is 0.388 e. The van der Waals surface area contributed by atoms with E-state index in [1.165, 1.54) is 0 Å². The molecular weight excluding hydrogens is 462 g/mol. The van der Waals surface area contributed by atoms with Gasteiger partial charge >= 0.3 is 0 Å². The van der Waals surface area contributed by atoms with Crippen molar-refractivity contribution in [1.29, 1.82) is 0 Å². The Morgan fingerprint density at radius 2 is 1.77 bits per heavy atom. The first-order valence-electron chi connectivity index (χ1n) is 12.8. The summed E-state index contributed by atoms with van der Waals surface area (Å²) in [5.74, 6) is 0.179. The van der Waals surface area contributed by atoms with Gasteiger partial charge in [-0.05, 0) is 70.2 Å². The van der Waals surface area contributed by atoms with Gasteiger partial charge in [-0.15, -0.1) is 10.2 Å². The van der Waals surface area contributed by atoms with Crippen LogP contribution in [0.2, 0.25) is 0 Å². The number of rotatable bonds is 6. The minimum absolute atomic E-state index is 0.0292. The molecule has 9 heteroatoms. The van der Waals surface area contributed by atoms with Crippen molar-refractivity contribution in [2.24, 2.45) is 0 Å². The molecule has 1 aromatic carbocycles. The fourth-order valence-electron chi connectivity index (χ4n) is 5.70. The third kappa shape index (κ3) is 4.86. The Balaban J connectivity index is 1.13. The van der Waals surface area contributed by atoms with E-state index in [0.717, 1.165) is 59.9 Å². The third-order valence-electron chi connectivity index (χ3n) is 7.98. The summed E-state index contributed by atoms with van der Waals surface area (Å²) in [6.45, 7) is 7.69. The smallest absolute Gasteiger partial charge is 0.240 e. The molecule has 35 heavy (non-hydrogen) atoms. The molecule has 3 heterocycles. The Morgan fingerprint density at radius 3 is 2.49 bits per heavy atom. The van der Waals surface area contributed by atoms with Gasteiger partial charge in [0.25, 0.3) is 0 Å². The average molecular weight is 498 g/mol. The molecule has 2 aliphatic heterocycles. The number of piperidine rings is 1. The molecule has 0 unspecified atom stereocenters. The lowest BCUT2D eigenvalue weighted by Gasteiger charge is -2.33. The van der Waals surface area contributed by atoms with Crippen LogP contribution in [0, 0.1) is 0 Å². The van der Waals surface area contributed by atoms with E-state index in [4.69, 9.17) is 0 Å². The van der Waals surface area contributed by atoms with Gasteiger partial charge in [-0.1, -0.05) is 35.6 Å². The first-order valence-corrected chi connectivity index (χ1v) is 13.6. The van der Waals surface area contributed by atoms with E-state index in [-0.39, 0.29) is 23.7 Å². The molecule has 1 aliphatic carbocycles. The monoisotopic (exact) mass is 497 g/mol. The number of likely N-dealkylation sites (tertiary alicyclic amines) is 2. The van der Waals surface area contributed by atoms with E-state index in [9.17, 15) is 14.7 Å². The van der Waals surface area contributed by atoms with Crippen LogP contribution < -0.4 is 5.32 Å². The summed E-state index contributed by atoms with van der Waals surface area (Å²) in [5, 5.41) is 24.0. The van der Waals surface area contributed by atoms with Gasteiger partial charge in [0.1, 0.15) is 10.0 Å². The van der Waals surface area contributed by atoms with E-state index in [1.807, 2.05) is 43.0 Å². The second-order valence-corrected chi connectivity index (χ2v) is 11.6. The van der Waals surface area contributed by atoms with Crippen LogP contribution in [0.15, 0.2) is 24.3 Å². The quantitative estimate of drug-likeness (QED) is 0.637. The lowest BCUT2D eigenvalue weighted by molar-refractivity contribution is -0.134. The molecule has 2 saturated heterocycles. The molecule has 0 saturated carbocycles. The van der Waals surface area contributed by atoms with E-state index in [0.29, 0.717) is 26.1 Å². The number of carbonyl (C=O) groups excluding carboxylic acids is 2. The normalized spacial score (nSPS) is 23.5. The Bertz CT molecular complexity index is 1070. The van der Waals surface area contributed by atoms with Gasteiger partial charge in [0.05, 0.1) is 24.1 Å². The number of aliphatic hydroxyl groups is 1. The van der Waals surface area contributed by atoms with Gasteiger partial charge in [-0.3, -0.25) is 14.5 Å². The molecule has 8 nitrogen and oxygen atoms in total. The van der Waals surface area contributed by atoms with E-state index in [2.05, 4.69) is 20.4 Å². The summed E-state index contributed by atoms with van der Waals surface area (Å²) in [6.07, 6.45) is 3.92. The summed E-state index contributed by atoms with van der Waals surface area (Å²) in [7, 11) is 0. The topological polar surface area (TPSA) is 98.7 Å². The first kappa shape index (κ1) is 24.3. The van der Waals surface area contributed by atoms with Crippen LogP contribution in [0.1, 0.15) is 85.0 Å². The molecule has 0 bridgehead atoms. The van der Waals surface area contributed by atoms with Crippen LogP contribution in [-0.2, 0) is 16.1 Å². The zero-order valence-electron chi connectivity index (χ0n) is 20.6. The van der Waals surface area contributed by atoms with Crippen LogP contribution in [0.25, 0.3) is 0 Å². The summed E-state index contributed by atoms with van der Waals surface area (Å²) in [5.41, 5.74) is 1.34. The number of aliphatic hydroxyl groups excluding tert-OH is 1. The minimum atomic E-state index is -0.557. The molecule has 0 spiro atoms. The van der Waals surface area contributed by atoms with Crippen molar-refractivity contribution in [3.63, 3.8) is 0 Å². The van der Waals surface area contributed by atoms with Crippen molar-refractivity contribution < 1.29 is 14.7 Å². The number of nitrogens with one attached hydrogen (secondary N) is 1. The molecule has 3 aliphatic rings. The maximum Gasteiger partial charge on any atom is 0.240 e. The predicted octanol–water partition coefficient (Wildman–Crippen LogP) is 2.96. The number of aromatic nitrogens is 2. The lowest BCUT2D eigenvalue weighted by atomic mass is 9.94. The van der Waals surface area contributed by atoms with E-state index in [1.54, 1.807) is 11.3 Å². The van der Waals surface area contributed by atoms with Gasteiger partial charge in [0.15, 0.2) is 0 Å². The summed E-state index contributed by atoms with van der Waals surface area (Å²) in [4.78, 5) is 30.2. The number of hydrogen-bond acceptors (Lipinski definition) is 7. The first-order chi connectivity index (χ1) is 16.8.